The van der Waals surface area contributed by atoms with Gasteiger partial charge < -0.3 is 63.1 Å². The summed E-state index contributed by atoms with van der Waals surface area (Å²) in [5, 5.41) is 23.1. The summed E-state index contributed by atoms with van der Waals surface area (Å²) in [6, 6.07) is 28.4. The van der Waals surface area contributed by atoms with Gasteiger partial charge in [0.2, 0.25) is 17.7 Å². The number of aromatic amines is 1. The smallest absolute Gasteiger partial charge is 0.453 e. The first-order valence-electron chi connectivity index (χ1n) is 29.7. The lowest BCUT2D eigenvalue weighted by Crippen LogP contribution is -2.39. The molecule has 7 aromatic rings. The molecule has 1 fully saturated rings. The predicted molar refractivity (Wildman–Crippen MR) is 334 cm³/mol. The van der Waals surface area contributed by atoms with Crippen molar-refractivity contribution in [2.75, 3.05) is 122 Å². The van der Waals surface area contributed by atoms with Crippen LogP contribution in [0.2, 0.25) is 0 Å². The number of imidazole rings is 1. The van der Waals surface area contributed by atoms with Crippen molar-refractivity contribution < 1.29 is 66.1 Å². The first-order chi connectivity index (χ1) is 42.8. The summed E-state index contributed by atoms with van der Waals surface area (Å²) in [5.74, 6) is 1.22. The van der Waals surface area contributed by atoms with Crippen molar-refractivity contribution in [2.24, 2.45) is 0 Å². The summed E-state index contributed by atoms with van der Waals surface area (Å²) < 4.78 is 57.5. The fourth-order valence-electron chi connectivity index (χ4n) is 10.4. The van der Waals surface area contributed by atoms with Crippen LogP contribution < -0.4 is 20.5 Å². The SMILES string of the molecule is COP(=O)(O)OCCCCCCSC1CC(=O)N(CCC(=O)NCCC(=O)N2Cc3ccccc3-c3c(nnn3CCOCCOCCOCCOCCOCCN(C)c3ccc(-c4cc(=O)c5ccc6[nH]c(C)nc6c5o4)cc3)-c3ccccc32)C1O. The minimum atomic E-state index is -3.97. The Morgan fingerprint density at radius 1 is 0.818 bits per heavy atom. The maximum Gasteiger partial charge on any atom is 0.471 e. The Labute approximate surface area is 514 Å². The number of aliphatic hydroxyl groups excluding tert-OH is 1. The third-order valence-corrected chi connectivity index (χ3v) is 17.4. The number of rotatable bonds is 36. The standard InChI is InChI=1S/C62H78N9O15PS/c1-43-64-50-21-20-49-52(72)40-53(86-61(49)59(50)65-43)44-16-18-46(19-17-44)68(2)26-29-80-31-33-82-35-37-84-38-36-83-34-32-81-30-27-71-60-47-13-7-6-12-45(47)42-70(51-15-9-8-14-48(51)58(60)66-67-71)56(74)22-24-63-55(73)23-25-69-57(75)41-54(62(69)76)88-39-11-5-4-10-28-85-87(77,78)79-3/h6-9,12-21,40,54,62,76H,4-5,10-11,22-39,41-42H2,1-3H3,(H,63,73)(H,64,65)(H,77,78). The summed E-state index contributed by atoms with van der Waals surface area (Å²) in [6.45, 7) is 7.73. The number of ether oxygens (including phenoxy) is 5. The lowest BCUT2D eigenvalue weighted by molar-refractivity contribution is -0.134. The zero-order valence-electron chi connectivity index (χ0n) is 50.0. The minimum absolute atomic E-state index is 0.0194. The first kappa shape index (κ1) is 65.6. The summed E-state index contributed by atoms with van der Waals surface area (Å²) in [4.78, 5) is 75.1. The van der Waals surface area contributed by atoms with Crippen molar-refractivity contribution in [3.05, 3.63) is 113 Å². The molecule has 9 rings (SSSR count). The van der Waals surface area contributed by atoms with Gasteiger partial charge in [0.15, 0.2) is 11.0 Å². The van der Waals surface area contributed by atoms with Gasteiger partial charge in [-0.15, -0.1) is 5.10 Å². The molecule has 4 N–H and O–H groups in total. The van der Waals surface area contributed by atoms with E-state index in [1.54, 1.807) is 11.0 Å². The molecule has 3 atom stereocenters. The van der Waals surface area contributed by atoms with Crippen LogP contribution >= 0.6 is 19.6 Å². The zero-order chi connectivity index (χ0) is 61.8. The van der Waals surface area contributed by atoms with Crippen molar-refractivity contribution >= 4 is 70.7 Å². The van der Waals surface area contributed by atoms with E-state index in [4.69, 9.17) is 32.6 Å². The fraction of sp³-hybridized carbons (Fsp3) is 0.468. The summed E-state index contributed by atoms with van der Waals surface area (Å²) in [6.07, 6.45) is 2.26. The van der Waals surface area contributed by atoms with Crippen LogP contribution in [0.5, 0.6) is 0 Å². The topological polar surface area (TPSA) is 285 Å². The summed E-state index contributed by atoms with van der Waals surface area (Å²) >= 11 is 1.52. The minimum Gasteiger partial charge on any atom is -0.453 e. The zero-order valence-corrected chi connectivity index (χ0v) is 51.7. The second-order valence-electron chi connectivity index (χ2n) is 21.2. The largest absolute Gasteiger partial charge is 0.471 e. The molecule has 0 aliphatic carbocycles. The van der Waals surface area contributed by atoms with Crippen molar-refractivity contribution in [2.45, 2.75) is 76.4 Å². The number of likely N-dealkylation sites (tertiary alicyclic amines) is 1. The average Bonchev–Trinajstić information content (AvgIpc) is 2.85. The lowest BCUT2D eigenvalue weighted by Gasteiger charge is -2.28. The van der Waals surface area contributed by atoms with E-state index in [1.165, 1.54) is 22.7 Å². The number of fused-ring (bicyclic) bond motifs is 8. The number of likely N-dealkylation sites (N-methyl/N-ethyl adjacent to an activating group) is 1. The third kappa shape index (κ3) is 17.7. The van der Waals surface area contributed by atoms with E-state index in [-0.39, 0.29) is 73.9 Å². The van der Waals surface area contributed by atoms with E-state index in [2.05, 4.69) is 35.0 Å². The molecule has 2 aliphatic heterocycles. The number of thioether (sulfide) groups is 1. The van der Waals surface area contributed by atoms with Crippen LogP contribution in [0.25, 0.3) is 55.8 Å². The number of benzene rings is 4. The van der Waals surface area contributed by atoms with E-state index in [0.717, 1.165) is 77.1 Å². The highest BCUT2D eigenvalue weighted by Gasteiger charge is 2.39. The monoisotopic (exact) mass is 1250 g/mol. The molecule has 26 heteroatoms. The number of H-pyrrole nitrogens is 1. The van der Waals surface area contributed by atoms with Gasteiger partial charge in [-0.3, -0.25) is 28.2 Å². The third-order valence-electron chi connectivity index (χ3n) is 15.1. The number of aromatic nitrogens is 5. The van der Waals surface area contributed by atoms with Crippen LogP contribution in [0.1, 0.15) is 56.3 Å². The van der Waals surface area contributed by atoms with Gasteiger partial charge in [-0.25, -0.2) is 14.2 Å². The molecule has 2 aliphatic rings. The summed E-state index contributed by atoms with van der Waals surface area (Å²) in [7, 11) is -0.855. The number of amides is 3. The van der Waals surface area contributed by atoms with Crippen molar-refractivity contribution in [1.82, 2.24) is 35.2 Å². The second kappa shape index (κ2) is 32.6. The maximum atomic E-state index is 14.1. The Hall–Kier alpha value is -6.87. The number of phosphoric ester groups is 1. The number of hydrogen-bond donors (Lipinski definition) is 4. The molecule has 0 spiro atoms. The molecule has 3 amide bonds. The molecule has 1 saturated heterocycles. The number of nitrogens with one attached hydrogen (secondary N) is 2. The highest BCUT2D eigenvalue weighted by Crippen LogP contribution is 2.43. The van der Waals surface area contributed by atoms with Crippen LogP contribution in [0.3, 0.4) is 0 Å². The highest BCUT2D eigenvalue weighted by molar-refractivity contribution is 8.00. The number of carbonyl (C=O) groups is 3. The molecule has 472 valence electrons. The molecule has 0 bridgehead atoms. The number of anilines is 2. The molecule has 88 heavy (non-hydrogen) atoms. The average molecular weight is 1250 g/mol. The van der Waals surface area contributed by atoms with Gasteiger partial charge in [-0.1, -0.05) is 60.5 Å². The number of carbonyl (C=O) groups excluding carboxylic acids is 3. The number of phosphoric acid groups is 1. The number of unbranched alkanes of at least 4 members (excludes halogenated alkanes) is 3. The van der Waals surface area contributed by atoms with E-state index in [9.17, 15) is 33.7 Å². The van der Waals surface area contributed by atoms with Crippen LogP contribution in [0, 0.1) is 6.92 Å². The van der Waals surface area contributed by atoms with Crippen molar-refractivity contribution in [3.63, 3.8) is 0 Å². The van der Waals surface area contributed by atoms with Crippen LogP contribution in [0.4, 0.5) is 11.4 Å². The van der Waals surface area contributed by atoms with Crippen LogP contribution in [-0.4, -0.2) is 181 Å². The quantitative estimate of drug-likeness (QED) is 0.0218. The van der Waals surface area contributed by atoms with Gasteiger partial charge in [0.25, 0.3) is 0 Å². The summed E-state index contributed by atoms with van der Waals surface area (Å²) in [5.41, 5.74) is 8.25. The lowest BCUT2D eigenvalue weighted by atomic mass is 9.95. The van der Waals surface area contributed by atoms with Crippen molar-refractivity contribution in [1.29, 1.82) is 0 Å². The maximum absolute atomic E-state index is 14.1. The van der Waals surface area contributed by atoms with Gasteiger partial charge >= 0.3 is 7.82 Å². The Balaban J connectivity index is 0.618. The second-order valence-corrected chi connectivity index (χ2v) is 24.1. The van der Waals surface area contributed by atoms with Gasteiger partial charge in [0.1, 0.15) is 29.0 Å². The number of hydrogen-bond acceptors (Lipinski definition) is 19. The molecule has 5 heterocycles. The molecule has 3 unspecified atom stereocenters. The van der Waals surface area contributed by atoms with E-state index >= 15 is 0 Å². The molecule has 0 radical (unpaired) electrons. The molecule has 4 aromatic carbocycles. The molecular weight excluding hydrogens is 1170 g/mol. The Bertz CT molecular complexity index is 3550. The molecule has 0 saturated carbocycles. The van der Waals surface area contributed by atoms with Gasteiger partial charge in [0, 0.05) is 81.5 Å². The number of nitrogens with zero attached hydrogens (tertiary/aromatic N) is 7. The van der Waals surface area contributed by atoms with Crippen LogP contribution in [0.15, 0.2) is 100 Å². The van der Waals surface area contributed by atoms with Crippen molar-refractivity contribution in [3.8, 4) is 33.8 Å². The predicted octanol–water partition coefficient (Wildman–Crippen LogP) is 7.51. The van der Waals surface area contributed by atoms with Gasteiger partial charge in [0.05, 0.1) is 113 Å². The Morgan fingerprint density at radius 3 is 2.24 bits per heavy atom. The normalized spacial score (nSPS) is 15.5. The van der Waals surface area contributed by atoms with E-state index in [0.29, 0.717) is 119 Å². The Morgan fingerprint density at radius 2 is 1.50 bits per heavy atom. The molecular formula is C62H78N9O15PS. The first-order valence-corrected chi connectivity index (χ1v) is 32.3. The van der Waals surface area contributed by atoms with Gasteiger partial charge in [-0.2, -0.15) is 11.8 Å². The number of aliphatic hydroxyl groups is 1. The molecule has 24 nitrogen and oxygen atoms in total. The fourth-order valence-corrected chi connectivity index (χ4v) is 12.1. The Kier molecular flexibility index (Phi) is 24.3. The van der Waals surface area contributed by atoms with Gasteiger partial charge in [-0.05, 0) is 73.5 Å². The van der Waals surface area contributed by atoms with E-state index < -0.39 is 14.1 Å². The number of para-hydroxylation sites is 1. The number of aryl methyl sites for hydroxylation is 1. The van der Waals surface area contributed by atoms with E-state index in [1.807, 2.05) is 97.5 Å². The molecule has 3 aromatic heterocycles. The highest BCUT2D eigenvalue weighted by atomic mass is 32.2. The van der Waals surface area contributed by atoms with Crippen LogP contribution in [-0.2, 0) is 64.8 Å².